The highest BCUT2D eigenvalue weighted by Gasteiger charge is 2.32. The van der Waals surface area contributed by atoms with Gasteiger partial charge in [0.05, 0.1) is 12.4 Å². The molecule has 2 rings (SSSR count). The fourth-order valence-electron chi connectivity index (χ4n) is 3.58. The highest BCUT2D eigenvalue weighted by Crippen LogP contribution is 2.09. The van der Waals surface area contributed by atoms with Gasteiger partial charge in [0, 0.05) is 24.7 Å². The van der Waals surface area contributed by atoms with E-state index in [2.05, 4.69) is 31.2 Å². The average Bonchev–Trinajstić information content (AvgIpc) is 3.47. The second-order valence-corrected chi connectivity index (χ2v) is 8.55. The summed E-state index contributed by atoms with van der Waals surface area (Å²) >= 11 is 0. The second kappa shape index (κ2) is 12.7. The van der Waals surface area contributed by atoms with Crippen LogP contribution in [0.25, 0.3) is 0 Å². The molecule has 1 fully saturated rings. The minimum Gasteiger partial charge on any atom is -0.481 e. The van der Waals surface area contributed by atoms with Crippen molar-refractivity contribution >= 4 is 29.7 Å². The van der Waals surface area contributed by atoms with Crippen LogP contribution in [-0.2, 0) is 30.4 Å². The molecule has 1 aromatic rings. The van der Waals surface area contributed by atoms with Gasteiger partial charge in [-0.05, 0) is 31.7 Å². The van der Waals surface area contributed by atoms with Gasteiger partial charge < -0.3 is 36.5 Å². The maximum atomic E-state index is 13.1. The van der Waals surface area contributed by atoms with Gasteiger partial charge in [0.15, 0.2) is 0 Å². The summed E-state index contributed by atoms with van der Waals surface area (Å²) in [6, 6.07) is -4.04. The smallest absolute Gasteiger partial charge is 0.326 e. The van der Waals surface area contributed by atoms with E-state index in [1.807, 2.05) is 0 Å². The van der Waals surface area contributed by atoms with E-state index in [1.165, 1.54) is 12.5 Å². The van der Waals surface area contributed by atoms with Crippen molar-refractivity contribution in [2.75, 3.05) is 6.54 Å². The van der Waals surface area contributed by atoms with Crippen LogP contribution < -0.4 is 21.3 Å². The molecular weight excluding hydrogens is 448 g/mol. The summed E-state index contributed by atoms with van der Waals surface area (Å²) in [6.07, 6.45) is 3.74. The third-order valence-corrected chi connectivity index (χ3v) is 5.50. The van der Waals surface area contributed by atoms with E-state index >= 15 is 0 Å². The van der Waals surface area contributed by atoms with Crippen LogP contribution >= 0.6 is 0 Å². The molecule has 3 amide bonds. The number of hydrogen-bond acceptors (Lipinski definition) is 7. The quantitative estimate of drug-likeness (QED) is 0.180. The molecule has 0 saturated carbocycles. The van der Waals surface area contributed by atoms with Gasteiger partial charge in [-0.1, -0.05) is 13.8 Å². The number of carboxylic acid groups (broad SMARTS) is 2. The number of carbonyl (C=O) groups excluding carboxylic acids is 3. The molecule has 2 heterocycles. The number of carboxylic acids is 2. The lowest BCUT2D eigenvalue weighted by molar-refractivity contribution is -0.144. The zero-order valence-corrected chi connectivity index (χ0v) is 19.2. The summed E-state index contributed by atoms with van der Waals surface area (Å²) in [5.74, 6) is -4.76. The molecule has 1 aliphatic rings. The molecule has 7 N–H and O–H groups in total. The number of rotatable bonds is 13. The minimum atomic E-state index is -1.31. The number of H-pyrrole nitrogens is 1. The lowest BCUT2D eigenvalue weighted by Crippen LogP contribution is -2.58. The van der Waals surface area contributed by atoms with Crippen molar-refractivity contribution in [3.05, 3.63) is 18.2 Å². The Morgan fingerprint density at radius 1 is 1.09 bits per heavy atom. The number of aromatic amines is 1. The number of nitrogens with zero attached hydrogens (tertiary/aromatic N) is 1. The first-order chi connectivity index (χ1) is 16.1. The van der Waals surface area contributed by atoms with Gasteiger partial charge in [-0.2, -0.15) is 0 Å². The van der Waals surface area contributed by atoms with Crippen LogP contribution in [0.1, 0.15) is 45.2 Å². The first-order valence-electron chi connectivity index (χ1n) is 11.1. The van der Waals surface area contributed by atoms with Crippen LogP contribution in [0.5, 0.6) is 0 Å². The third kappa shape index (κ3) is 8.14. The topological polar surface area (TPSA) is 203 Å². The van der Waals surface area contributed by atoms with Gasteiger partial charge in [-0.15, -0.1) is 0 Å². The monoisotopic (exact) mass is 480 g/mol. The van der Waals surface area contributed by atoms with Crippen LogP contribution in [0.4, 0.5) is 0 Å². The van der Waals surface area contributed by atoms with Gasteiger partial charge in [-0.3, -0.25) is 19.2 Å². The maximum Gasteiger partial charge on any atom is 0.326 e. The lowest BCUT2D eigenvalue weighted by atomic mass is 10.0. The van der Waals surface area contributed by atoms with Gasteiger partial charge in [0.2, 0.25) is 17.7 Å². The Kier molecular flexibility index (Phi) is 9.98. The first-order valence-corrected chi connectivity index (χ1v) is 11.1. The molecular formula is C21H32N6O7. The van der Waals surface area contributed by atoms with Crippen molar-refractivity contribution in [3.8, 4) is 0 Å². The average molecular weight is 481 g/mol. The van der Waals surface area contributed by atoms with Crippen molar-refractivity contribution in [2.24, 2.45) is 5.92 Å². The molecule has 13 heteroatoms. The SMILES string of the molecule is CC(C)C(NC(=O)C(CCC(=O)O)NC(=O)C(Cc1cnc[nH]1)NC(=O)C1CCCN1)C(=O)O. The fourth-order valence-corrected chi connectivity index (χ4v) is 3.58. The van der Waals surface area contributed by atoms with E-state index in [0.29, 0.717) is 18.7 Å². The summed E-state index contributed by atoms with van der Waals surface area (Å²) in [5.41, 5.74) is 0.567. The number of amides is 3. The number of aliphatic carboxylic acids is 2. The molecule has 0 aliphatic carbocycles. The van der Waals surface area contributed by atoms with Gasteiger partial charge >= 0.3 is 11.9 Å². The zero-order valence-electron chi connectivity index (χ0n) is 19.2. The standard InChI is InChI=1S/C21H32N6O7/c1-11(2)17(21(33)34)27-19(31)14(5-6-16(28)29)25-20(32)15(8-12-9-22-10-24-12)26-18(30)13-4-3-7-23-13/h9-11,13-15,17,23H,3-8H2,1-2H3,(H,22,24)(H,25,32)(H,26,30)(H,27,31)(H,28,29)(H,33,34). The van der Waals surface area contributed by atoms with Gasteiger partial charge in [-0.25, -0.2) is 9.78 Å². The van der Waals surface area contributed by atoms with Crippen LogP contribution in [0.3, 0.4) is 0 Å². The van der Waals surface area contributed by atoms with Crippen molar-refractivity contribution < 1.29 is 34.2 Å². The van der Waals surface area contributed by atoms with Crippen molar-refractivity contribution in [2.45, 2.75) is 70.1 Å². The maximum absolute atomic E-state index is 13.1. The first kappa shape index (κ1) is 26.8. The fraction of sp³-hybridized carbons (Fsp3) is 0.619. The molecule has 1 aliphatic heterocycles. The van der Waals surface area contributed by atoms with E-state index in [9.17, 15) is 29.1 Å². The molecule has 13 nitrogen and oxygen atoms in total. The highest BCUT2D eigenvalue weighted by atomic mass is 16.4. The van der Waals surface area contributed by atoms with E-state index in [1.54, 1.807) is 13.8 Å². The Morgan fingerprint density at radius 2 is 1.79 bits per heavy atom. The Bertz CT molecular complexity index is 867. The van der Waals surface area contributed by atoms with Crippen molar-refractivity contribution in [1.29, 1.82) is 0 Å². The number of carbonyl (C=O) groups is 5. The number of aromatic nitrogens is 2. The highest BCUT2D eigenvalue weighted by molar-refractivity contribution is 5.94. The van der Waals surface area contributed by atoms with Crippen LogP contribution in [0, 0.1) is 5.92 Å². The molecule has 0 bridgehead atoms. The molecule has 1 aromatic heterocycles. The van der Waals surface area contributed by atoms with E-state index in [-0.39, 0.29) is 18.7 Å². The summed E-state index contributed by atoms with van der Waals surface area (Å²) in [5, 5.41) is 29.0. The van der Waals surface area contributed by atoms with Gasteiger partial charge in [0.1, 0.15) is 18.1 Å². The van der Waals surface area contributed by atoms with E-state index < -0.39 is 60.3 Å². The van der Waals surface area contributed by atoms with Crippen molar-refractivity contribution in [3.63, 3.8) is 0 Å². The predicted molar refractivity (Wildman–Crippen MR) is 118 cm³/mol. The molecule has 4 atom stereocenters. The molecule has 0 aromatic carbocycles. The summed E-state index contributed by atoms with van der Waals surface area (Å²) < 4.78 is 0. The number of imidazole rings is 1. The lowest BCUT2D eigenvalue weighted by Gasteiger charge is -2.25. The Morgan fingerprint density at radius 3 is 2.32 bits per heavy atom. The second-order valence-electron chi connectivity index (χ2n) is 8.55. The Labute approximate surface area is 196 Å². The van der Waals surface area contributed by atoms with E-state index in [4.69, 9.17) is 5.11 Å². The predicted octanol–water partition coefficient (Wildman–Crippen LogP) is -1.24. The number of hydrogen-bond donors (Lipinski definition) is 7. The van der Waals surface area contributed by atoms with Gasteiger partial charge in [0.25, 0.3) is 0 Å². The Balaban J connectivity index is 2.16. The molecule has 34 heavy (non-hydrogen) atoms. The zero-order chi connectivity index (χ0) is 25.3. The van der Waals surface area contributed by atoms with Crippen LogP contribution in [0.2, 0.25) is 0 Å². The van der Waals surface area contributed by atoms with E-state index in [0.717, 1.165) is 6.42 Å². The molecule has 1 saturated heterocycles. The summed E-state index contributed by atoms with van der Waals surface area (Å²) in [4.78, 5) is 67.8. The summed E-state index contributed by atoms with van der Waals surface area (Å²) in [6.45, 7) is 3.90. The van der Waals surface area contributed by atoms with Crippen LogP contribution in [-0.4, -0.2) is 80.6 Å². The molecule has 0 spiro atoms. The normalized spacial score (nSPS) is 18.0. The third-order valence-electron chi connectivity index (χ3n) is 5.50. The molecule has 0 radical (unpaired) electrons. The van der Waals surface area contributed by atoms with Crippen molar-refractivity contribution in [1.82, 2.24) is 31.2 Å². The summed E-state index contributed by atoms with van der Waals surface area (Å²) in [7, 11) is 0. The van der Waals surface area contributed by atoms with Crippen LogP contribution in [0.15, 0.2) is 12.5 Å². The largest absolute Gasteiger partial charge is 0.481 e. The molecule has 188 valence electrons. The Hall–Kier alpha value is -3.48. The number of nitrogens with one attached hydrogen (secondary N) is 5. The minimum absolute atomic E-state index is 0.0569. The molecule has 4 unspecified atom stereocenters.